The van der Waals surface area contributed by atoms with Crippen LogP contribution in [-0.4, -0.2) is 32.5 Å². The summed E-state index contributed by atoms with van der Waals surface area (Å²) in [6, 6.07) is 4.70. The number of nitrogens with one attached hydrogen (secondary N) is 1. The molecule has 1 aromatic rings. The number of methoxy groups -OCH3 is 2. The van der Waals surface area contributed by atoms with Crippen LogP contribution in [0, 0.1) is 11.3 Å². The standard InChI is InChI=1S/C13H14ClN3O4/c1-4-21-13(18)10(7-15)17-16-9-5-8(14)11(19-2)6-12(9)20-3/h5-6,16H,4H2,1-3H3/b17-10+. The van der Waals surface area contributed by atoms with Crippen molar-refractivity contribution in [2.75, 3.05) is 26.3 Å². The molecule has 0 spiro atoms. The second-order valence-electron chi connectivity index (χ2n) is 3.59. The molecule has 0 aliphatic carbocycles. The van der Waals surface area contributed by atoms with Gasteiger partial charge in [-0.1, -0.05) is 11.6 Å². The van der Waals surface area contributed by atoms with Crippen LogP contribution in [0.2, 0.25) is 5.02 Å². The van der Waals surface area contributed by atoms with Crippen molar-refractivity contribution in [3.8, 4) is 17.6 Å². The van der Waals surface area contributed by atoms with Gasteiger partial charge in [-0.15, -0.1) is 0 Å². The molecular weight excluding hydrogens is 298 g/mol. The van der Waals surface area contributed by atoms with Gasteiger partial charge in [0, 0.05) is 6.07 Å². The predicted octanol–water partition coefficient (Wildman–Crippen LogP) is 2.21. The van der Waals surface area contributed by atoms with Crippen LogP contribution < -0.4 is 14.9 Å². The Morgan fingerprint density at radius 1 is 1.38 bits per heavy atom. The molecule has 0 aliphatic rings. The minimum atomic E-state index is -0.814. The summed E-state index contributed by atoms with van der Waals surface area (Å²) in [7, 11) is 2.93. The molecule has 0 fully saturated rings. The number of hydrogen-bond donors (Lipinski definition) is 1. The average molecular weight is 312 g/mol. The molecule has 8 heteroatoms. The average Bonchev–Trinajstić information content (AvgIpc) is 2.48. The normalized spacial score (nSPS) is 10.5. The number of rotatable bonds is 6. The highest BCUT2D eigenvalue weighted by Gasteiger charge is 2.14. The number of ether oxygens (including phenoxy) is 3. The Kier molecular flexibility index (Phi) is 6.30. The molecule has 112 valence electrons. The summed E-state index contributed by atoms with van der Waals surface area (Å²) < 4.78 is 14.9. The zero-order chi connectivity index (χ0) is 15.8. The fourth-order valence-electron chi connectivity index (χ4n) is 1.38. The highest BCUT2D eigenvalue weighted by Crippen LogP contribution is 2.35. The molecule has 0 aromatic heterocycles. The molecule has 0 atom stereocenters. The quantitative estimate of drug-likeness (QED) is 0.492. The van der Waals surface area contributed by atoms with Gasteiger partial charge >= 0.3 is 5.97 Å². The van der Waals surface area contributed by atoms with Gasteiger partial charge < -0.3 is 14.2 Å². The van der Waals surface area contributed by atoms with Crippen LogP contribution >= 0.6 is 11.6 Å². The number of carbonyl (C=O) groups is 1. The van der Waals surface area contributed by atoms with Gasteiger partial charge in [0.05, 0.1) is 31.5 Å². The maximum absolute atomic E-state index is 11.4. The summed E-state index contributed by atoms with van der Waals surface area (Å²) in [4.78, 5) is 11.4. The Balaban J connectivity index is 3.04. The van der Waals surface area contributed by atoms with Crippen molar-refractivity contribution in [3.05, 3.63) is 17.2 Å². The number of nitrogens with zero attached hydrogens (tertiary/aromatic N) is 2. The molecule has 21 heavy (non-hydrogen) atoms. The lowest BCUT2D eigenvalue weighted by atomic mass is 10.3. The van der Waals surface area contributed by atoms with Gasteiger partial charge in [-0.3, -0.25) is 5.43 Å². The molecule has 0 radical (unpaired) electrons. The molecule has 0 bridgehead atoms. The van der Waals surface area contributed by atoms with E-state index in [-0.39, 0.29) is 6.61 Å². The van der Waals surface area contributed by atoms with E-state index in [1.807, 2.05) is 0 Å². The summed E-state index contributed by atoms with van der Waals surface area (Å²) in [6.07, 6.45) is 0. The second-order valence-corrected chi connectivity index (χ2v) is 4.00. The van der Waals surface area contributed by atoms with Gasteiger partial charge in [0.2, 0.25) is 5.71 Å². The summed E-state index contributed by atoms with van der Waals surface area (Å²) in [6.45, 7) is 1.78. The van der Waals surface area contributed by atoms with Crippen LogP contribution in [0.1, 0.15) is 6.92 Å². The van der Waals surface area contributed by atoms with Crippen LogP contribution in [0.25, 0.3) is 0 Å². The van der Waals surface area contributed by atoms with Crippen molar-refractivity contribution < 1.29 is 19.0 Å². The third-order valence-electron chi connectivity index (χ3n) is 2.34. The molecule has 1 aromatic carbocycles. The summed E-state index contributed by atoms with van der Waals surface area (Å²) in [5, 5.41) is 12.9. The molecule has 0 unspecified atom stereocenters. The smallest absolute Gasteiger partial charge is 0.369 e. The molecule has 7 nitrogen and oxygen atoms in total. The lowest BCUT2D eigenvalue weighted by Crippen LogP contribution is -2.17. The first-order valence-electron chi connectivity index (χ1n) is 5.89. The van der Waals surface area contributed by atoms with Gasteiger partial charge in [-0.2, -0.15) is 10.4 Å². The maximum Gasteiger partial charge on any atom is 0.369 e. The first-order chi connectivity index (χ1) is 10.1. The van der Waals surface area contributed by atoms with Crippen molar-refractivity contribution in [2.24, 2.45) is 5.10 Å². The molecule has 1 N–H and O–H groups in total. The van der Waals surface area contributed by atoms with E-state index in [2.05, 4.69) is 10.5 Å². The Labute approximate surface area is 127 Å². The fourth-order valence-corrected chi connectivity index (χ4v) is 1.62. The van der Waals surface area contributed by atoms with E-state index in [0.717, 1.165) is 0 Å². The van der Waals surface area contributed by atoms with Gasteiger partial charge in [0.1, 0.15) is 17.6 Å². The van der Waals surface area contributed by atoms with Crippen LogP contribution in [0.4, 0.5) is 5.69 Å². The van der Waals surface area contributed by atoms with Crippen molar-refractivity contribution >= 4 is 29.0 Å². The number of hydrogen-bond acceptors (Lipinski definition) is 7. The Morgan fingerprint density at radius 2 is 2.05 bits per heavy atom. The molecule has 0 aliphatic heterocycles. The third kappa shape index (κ3) is 4.26. The number of nitriles is 1. The van der Waals surface area contributed by atoms with E-state index in [1.165, 1.54) is 20.3 Å². The molecule has 0 saturated carbocycles. The van der Waals surface area contributed by atoms with E-state index in [9.17, 15) is 4.79 Å². The zero-order valence-corrected chi connectivity index (χ0v) is 12.5. The third-order valence-corrected chi connectivity index (χ3v) is 2.63. The van der Waals surface area contributed by atoms with Crippen molar-refractivity contribution in [1.82, 2.24) is 0 Å². The monoisotopic (exact) mass is 311 g/mol. The van der Waals surface area contributed by atoms with Gasteiger partial charge in [-0.05, 0) is 13.0 Å². The fraction of sp³-hybridized carbons (Fsp3) is 0.308. The largest absolute Gasteiger partial charge is 0.495 e. The van der Waals surface area contributed by atoms with Gasteiger partial charge in [0.15, 0.2) is 0 Å². The van der Waals surface area contributed by atoms with E-state index >= 15 is 0 Å². The minimum absolute atomic E-state index is 0.150. The van der Waals surface area contributed by atoms with Crippen LogP contribution in [0.5, 0.6) is 11.5 Å². The second kappa shape index (κ2) is 7.97. The lowest BCUT2D eigenvalue weighted by molar-refractivity contribution is -0.134. The van der Waals surface area contributed by atoms with Crippen molar-refractivity contribution in [2.45, 2.75) is 6.92 Å². The predicted molar refractivity (Wildman–Crippen MR) is 77.9 cm³/mol. The molecular formula is C13H14ClN3O4. The van der Waals surface area contributed by atoms with Gasteiger partial charge in [0.25, 0.3) is 0 Å². The number of carbonyl (C=O) groups excluding carboxylic acids is 1. The van der Waals surface area contributed by atoms with Gasteiger partial charge in [-0.25, -0.2) is 4.79 Å². The summed E-state index contributed by atoms with van der Waals surface area (Å²) >= 11 is 5.99. The summed E-state index contributed by atoms with van der Waals surface area (Å²) in [5.41, 5.74) is 2.51. The number of hydrazone groups is 1. The highest BCUT2D eigenvalue weighted by molar-refractivity contribution is 6.43. The highest BCUT2D eigenvalue weighted by atomic mass is 35.5. The molecule has 0 heterocycles. The Bertz CT molecular complexity index is 596. The minimum Gasteiger partial charge on any atom is -0.495 e. The zero-order valence-electron chi connectivity index (χ0n) is 11.8. The molecule has 0 saturated heterocycles. The number of benzene rings is 1. The van der Waals surface area contributed by atoms with Crippen LogP contribution in [0.15, 0.2) is 17.2 Å². The molecule has 1 rings (SSSR count). The number of anilines is 1. The number of esters is 1. The van der Waals surface area contributed by atoms with E-state index in [0.29, 0.717) is 22.2 Å². The first kappa shape index (κ1) is 16.6. The van der Waals surface area contributed by atoms with E-state index in [4.69, 9.17) is 31.1 Å². The maximum atomic E-state index is 11.4. The summed E-state index contributed by atoms with van der Waals surface area (Å²) in [5.74, 6) is 0.00108. The van der Waals surface area contributed by atoms with E-state index in [1.54, 1.807) is 19.1 Å². The number of halogens is 1. The Hall–Kier alpha value is -2.46. The van der Waals surface area contributed by atoms with Crippen LogP contribution in [0.3, 0.4) is 0 Å². The van der Waals surface area contributed by atoms with Crippen LogP contribution in [-0.2, 0) is 9.53 Å². The first-order valence-corrected chi connectivity index (χ1v) is 6.27. The molecule has 0 amide bonds. The topological polar surface area (TPSA) is 92.9 Å². The SMILES string of the molecule is CCOC(=O)/C(C#N)=N/Nc1cc(Cl)c(OC)cc1OC. The van der Waals surface area contributed by atoms with Crippen molar-refractivity contribution in [3.63, 3.8) is 0 Å². The van der Waals surface area contributed by atoms with Crippen molar-refractivity contribution in [1.29, 1.82) is 5.26 Å². The van der Waals surface area contributed by atoms with E-state index < -0.39 is 11.7 Å². The Morgan fingerprint density at radius 3 is 2.57 bits per heavy atom. The lowest BCUT2D eigenvalue weighted by Gasteiger charge is -2.11.